The fourth-order valence-electron chi connectivity index (χ4n) is 2.01. The van der Waals surface area contributed by atoms with E-state index in [9.17, 15) is 14.4 Å². The Hall–Kier alpha value is -3.13. The molecule has 2 amide bonds. The van der Waals surface area contributed by atoms with Gasteiger partial charge in [-0.15, -0.1) is 0 Å². The Morgan fingerprint density at radius 2 is 1.96 bits per heavy atom. The van der Waals surface area contributed by atoms with Gasteiger partial charge in [-0.1, -0.05) is 23.7 Å². The molecule has 0 fully saturated rings. The van der Waals surface area contributed by atoms with E-state index in [-0.39, 0.29) is 5.69 Å². The van der Waals surface area contributed by atoms with Crippen molar-refractivity contribution in [2.45, 2.75) is 6.92 Å². The quantitative estimate of drug-likeness (QED) is 0.667. The minimum atomic E-state index is -0.765. The topological polar surface area (TPSA) is 107 Å². The second-order valence-electron chi connectivity index (χ2n) is 5.18. The van der Waals surface area contributed by atoms with Gasteiger partial charge in [0.05, 0.1) is 12.3 Å². The number of nitrogens with zero attached hydrogens (tertiary/aromatic N) is 1. The summed E-state index contributed by atoms with van der Waals surface area (Å²) in [6, 6.07) is 9.79. The van der Waals surface area contributed by atoms with Crippen molar-refractivity contribution in [3.8, 4) is 5.75 Å². The maximum Gasteiger partial charge on any atom is 0.325 e. The molecule has 0 aliphatic carbocycles. The van der Waals surface area contributed by atoms with Crippen molar-refractivity contribution in [1.29, 1.82) is 0 Å². The zero-order chi connectivity index (χ0) is 19.6. The van der Waals surface area contributed by atoms with Crippen molar-refractivity contribution < 1.29 is 23.9 Å². The molecular weight excluding hydrogens is 374 g/mol. The molecule has 0 unspecified atom stereocenters. The Balaban J connectivity index is 1.77. The lowest BCUT2D eigenvalue weighted by Gasteiger charge is -2.11. The summed E-state index contributed by atoms with van der Waals surface area (Å²) < 4.78 is 10.2. The van der Waals surface area contributed by atoms with Gasteiger partial charge in [0.25, 0.3) is 11.8 Å². The van der Waals surface area contributed by atoms with Crippen LogP contribution >= 0.6 is 11.6 Å². The number of benzene rings is 1. The molecule has 0 aliphatic heterocycles. The Labute approximate surface area is 160 Å². The summed E-state index contributed by atoms with van der Waals surface area (Å²) in [4.78, 5) is 39.3. The standard InChI is InChI=1S/C18H18ClN3O5/c1-2-26-15-6-4-3-5-13(15)22-16(23)11-27-17(24)10-21-18(25)14-9-12(19)7-8-20-14/h3-9H,2,10-11H2,1H3,(H,21,25)(H,22,23). The first-order chi connectivity index (χ1) is 13.0. The van der Waals surface area contributed by atoms with Gasteiger partial charge in [-0.05, 0) is 31.2 Å². The summed E-state index contributed by atoms with van der Waals surface area (Å²) in [5.41, 5.74) is 0.543. The van der Waals surface area contributed by atoms with Crippen LogP contribution in [0.1, 0.15) is 17.4 Å². The van der Waals surface area contributed by atoms with Crippen LogP contribution in [-0.4, -0.2) is 42.5 Å². The van der Waals surface area contributed by atoms with Crippen molar-refractivity contribution in [2.24, 2.45) is 0 Å². The predicted octanol–water partition coefficient (Wildman–Crippen LogP) is 2.05. The number of anilines is 1. The lowest BCUT2D eigenvalue weighted by molar-refractivity contribution is -0.146. The number of amides is 2. The fourth-order valence-corrected chi connectivity index (χ4v) is 2.17. The van der Waals surface area contributed by atoms with Gasteiger partial charge in [0, 0.05) is 11.2 Å². The molecule has 0 saturated heterocycles. The van der Waals surface area contributed by atoms with Gasteiger partial charge in [-0.25, -0.2) is 0 Å². The number of nitrogens with one attached hydrogen (secondary N) is 2. The van der Waals surface area contributed by atoms with E-state index < -0.39 is 30.9 Å². The summed E-state index contributed by atoms with van der Waals surface area (Å²) in [5, 5.41) is 5.28. The van der Waals surface area contributed by atoms with Crippen LogP contribution in [0, 0.1) is 0 Å². The van der Waals surface area contributed by atoms with Crippen molar-refractivity contribution >= 4 is 35.1 Å². The van der Waals surface area contributed by atoms with E-state index in [1.807, 2.05) is 6.92 Å². The van der Waals surface area contributed by atoms with Crippen LogP contribution in [0.25, 0.3) is 0 Å². The molecule has 27 heavy (non-hydrogen) atoms. The number of ether oxygens (including phenoxy) is 2. The number of hydrogen-bond donors (Lipinski definition) is 2. The Bertz CT molecular complexity index is 828. The van der Waals surface area contributed by atoms with Crippen molar-refractivity contribution in [1.82, 2.24) is 10.3 Å². The van der Waals surface area contributed by atoms with E-state index >= 15 is 0 Å². The Morgan fingerprint density at radius 1 is 1.19 bits per heavy atom. The third kappa shape index (κ3) is 6.59. The van der Waals surface area contributed by atoms with Crippen molar-refractivity contribution in [2.75, 3.05) is 25.1 Å². The summed E-state index contributed by atoms with van der Waals surface area (Å²) in [7, 11) is 0. The molecule has 8 nitrogen and oxygen atoms in total. The van der Waals surface area contributed by atoms with Crippen LogP contribution in [-0.2, 0) is 14.3 Å². The largest absolute Gasteiger partial charge is 0.492 e. The van der Waals surface area contributed by atoms with Crippen molar-refractivity contribution in [3.05, 3.63) is 53.3 Å². The molecule has 0 aliphatic rings. The maximum atomic E-state index is 11.9. The maximum absolute atomic E-state index is 11.9. The molecular formula is C18H18ClN3O5. The summed E-state index contributed by atoms with van der Waals surface area (Å²) in [5.74, 6) is -1.36. The normalized spacial score (nSPS) is 10.0. The zero-order valence-corrected chi connectivity index (χ0v) is 15.3. The number of pyridine rings is 1. The van der Waals surface area contributed by atoms with Crippen LogP contribution in [0.15, 0.2) is 42.6 Å². The molecule has 2 rings (SSSR count). The molecule has 1 aromatic heterocycles. The molecule has 9 heteroatoms. The predicted molar refractivity (Wildman–Crippen MR) is 98.8 cm³/mol. The number of carbonyl (C=O) groups excluding carboxylic acids is 3. The monoisotopic (exact) mass is 391 g/mol. The Morgan fingerprint density at radius 3 is 2.70 bits per heavy atom. The average molecular weight is 392 g/mol. The van der Waals surface area contributed by atoms with Crippen LogP contribution < -0.4 is 15.4 Å². The first kappa shape index (κ1) is 20.2. The van der Waals surface area contributed by atoms with Gasteiger partial charge >= 0.3 is 5.97 Å². The number of carbonyl (C=O) groups is 3. The first-order valence-electron chi connectivity index (χ1n) is 8.06. The number of esters is 1. The molecule has 0 spiro atoms. The molecule has 2 aromatic rings. The molecule has 0 atom stereocenters. The molecule has 0 bridgehead atoms. The minimum absolute atomic E-state index is 0.0700. The highest BCUT2D eigenvalue weighted by atomic mass is 35.5. The number of hydrogen-bond acceptors (Lipinski definition) is 6. The second kappa shape index (κ2) is 10.1. The molecule has 2 N–H and O–H groups in total. The summed E-state index contributed by atoms with van der Waals surface area (Å²) in [6.45, 7) is 1.37. The van der Waals surface area contributed by atoms with Gasteiger partial charge in [0.1, 0.15) is 18.0 Å². The van der Waals surface area contributed by atoms with Gasteiger partial charge in [-0.2, -0.15) is 0 Å². The summed E-state index contributed by atoms with van der Waals surface area (Å²) >= 11 is 5.77. The zero-order valence-electron chi connectivity index (χ0n) is 14.5. The van der Waals surface area contributed by atoms with Crippen LogP contribution in [0.4, 0.5) is 5.69 Å². The van der Waals surface area contributed by atoms with E-state index in [4.69, 9.17) is 21.1 Å². The third-order valence-electron chi connectivity index (χ3n) is 3.17. The van der Waals surface area contributed by atoms with Gasteiger partial charge in [0.2, 0.25) is 0 Å². The van der Waals surface area contributed by atoms with Gasteiger partial charge < -0.3 is 20.1 Å². The first-order valence-corrected chi connectivity index (χ1v) is 8.44. The number of aromatic nitrogens is 1. The number of halogens is 1. The Kier molecular flexibility index (Phi) is 7.57. The van der Waals surface area contributed by atoms with Crippen molar-refractivity contribution in [3.63, 3.8) is 0 Å². The van der Waals surface area contributed by atoms with E-state index in [1.54, 1.807) is 24.3 Å². The van der Waals surface area contributed by atoms with E-state index in [1.165, 1.54) is 18.3 Å². The molecule has 0 radical (unpaired) electrons. The van der Waals surface area contributed by atoms with Crippen LogP contribution in [0.2, 0.25) is 5.02 Å². The van der Waals surface area contributed by atoms with Crippen LogP contribution in [0.5, 0.6) is 5.75 Å². The second-order valence-corrected chi connectivity index (χ2v) is 5.62. The van der Waals surface area contributed by atoms with E-state index in [0.29, 0.717) is 23.1 Å². The van der Waals surface area contributed by atoms with E-state index in [0.717, 1.165) is 0 Å². The highest BCUT2D eigenvalue weighted by molar-refractivity contribution is 6.30. The summed E-state index contributed by atoms with van der Waals surface area (Å²) in [6.07, 6.45) is 1.38. The number of para-hydroxylation sites is 2. The minimum Gasteiger partial charge on any atom is -0.492 e. The average Bonchev–Trinajstić information content (AvgIpc) is 2.66. The van der Waals surface area contributed by atoms with Gasteiger partial charge in [-0.3, -0.25) is 19.4 Å². The van der Waals surface area contributed by atoms with E-state index in [2.05, 4.69) is 15.6 Å². The van der Waals surface area contributed by atoms with Gasteiger partial charge in [0.15, 0.2) is 6.61 Å². The smallest absolute Gasteiger partial charge is 0.325 e. The lowest BCUT2D eigenvalue weighted by Crippen LogP contribution is -2.32. The highest BCUT2D eigenvalue weighted by Gasteiger charge is 2.13. The third-order valence-corrected chi connectivity index (χ3v) is 3.41. The molecule has 142 valence electrons. The SMILES string of the molecule is CCOc1ccccc1NC(=O)COC(=O)CNC(=O)c1cc(Cl)ccn1. The molecule has 1 heterocycles. The highest BCUT2D eigenvalue weighted by Crippen LogP contribution is 2.23. The fraction of sp³-hybridized carbons (Fsp3) is 0.222. The lowest BCUT2D eigenvalue weighted by atomic mass is 10.3. The molecule has 0 saturated carbocycles. The van der Waals surface area contributed by atoms with Crippen LogP contribution in [0.3, 0.4) is 0 Å². The number of rotatable bonds is 8. The molecule has 1 aromatic carbocycles.